The smallest absolute Gasteiger partial charge is 0.416 e. The molecule has 154 valence electrons. The van der Waals surface area contributed by atoms with Crippen LogP contribution < -0.4 is 4.74 Å². The van der Waals surface area contributed by atoms with Crippen molar-refractivity contribution in [2.24, 2.45) is 0 Å². The number of halogens is 3. The third-order valence-electron chi connectivity index (χ3n) is 5.66. The van der Waals surface area contributed by atoms with Crippen molar-refractivity contribution in [3.05, 3.63) is 76.6 Å². The van der Waals surface area contributed by atoms with Crippen LogP contribution in [-0.2, 0) is 32.1 Å². The molecule has 0 spiro atoms. The Balaban J connectivity index is 1.33. The maximum atomic E-state index is 12.8. The van der Waals surface area contributed by atoms with Crippen LogP contribution in [0.4, 0.5) is 13.2 Å². The predicted molar refractivity (Wildman–Crippen MR) is 106 cm³/mol. The quantitative estimate of drug-likeness (QED) is 0.629. The van der Waals surface area contributed by atoms with Crippen molar-refractivity contribution in [3.63, 3.8) is 0 Å². The number of rotatable bonds is 3. The molecular formula is C23H20F3N3O. The van der Waals surface area contributed by atoms with Crippen LogP contribution in [0.25, 0.3) is 11.4 Å². The van der Waals surface area contributed by atoms with E-state index in [2.05, 4.69) is 27.0 Å². The summed E-state index contributed by atoms with van der Waals surface area (Å²) in [6, 6.07) is 11.4. The van der Waals surface area contributed by atoms with Gasteiger partial charge >= 0.3 is 6.18 Å². The SMILES string of the molecule is FC(F)(F)c1ccc(-c2ncc3c(n2)CN(Cc2ccc4c(c2)CCO4)CC3)cc1. The van der Waals surface area contributed by atoms with Gasteiger partial charge in [0.25, 0.3) is 0 Å². The van der Waals surface area contributed by atoms with Crippen molar-refractivity contribution in [3.8, 4) is 17.1 Å². The minimum Gasteiger partial charge on any atom is -0.493 e. The second-order valence-electron chi connectivity index (χ2n) is 7.74. The lowest BCUT2D eigenvalue weighted by molar-refractivity contribution is -0.137. The molecule has 0 unspecified atom stereocenters. The Labute approximate surface area is 172 Å². The molecule has 0 N–H and O–H groups in total. The van der Waals surface area contributed by atoms with Crippen molar-refractivity contribution < 1.29 is 17.9 Å². The largest absolute Gasteiger partial charge is 0.493 e. The van der Waals surface area contributed by atoms with Crippen LogP contribution in [0, 0.1) is 0 Å². The molecule has 2 aromatic carbocycles. The first kappa shape index (κ1) is 19.1. The van der Waals surface area contributed by atoms with Crippen LogP contribution in [-0.4, -0.2) is 28.0 Å². The van der Waals surface area contributed by atoms with Crippen molar-refractivity contribution in [1.82, 2.24) is 14.9 Å². The molecule has 3 heterocycles. The van der Waals surface area contributed by atoms with Gasteiger partial charge in [0, 0.05) is 37.8 Å². The van der Waals surface area contributed by atoms with Crippen molar-refractivity contribution >= 4 is 0 Å². The summed E-state index contributed by atoms with van der Waals surface area (Å²) < 4.78 is 44.0. The van der Waals surface area contributed by atoms with Gasteiger partial charge in [-0.1, -0.05) is 24.3 Å². The number of hydrogen-bond acceptors (Lipinski definition) is 4. The molecule has 0 saturated heterocycles. The van der Waals surface area contributed by atoms with Gasteiger partial charge in [-0.25, -0.2) is 9.97 Å². The molecule has 0 amide bonds. The number of benzene rings is 2. The van der Waals surface area contributed by atoms with Crippen LogP contribution in [0.15, 0.2) is 48.7 Å². The zero-order valence-electron chi connectivity index (χ0n) is 16.2. The average Bonchev–Trinajstić information content (AvgIpc) is 3.21. The Morgan fingerprint density at radius 2 is 1.83 bits per heavy atom. The second-order valence-corrected chi connectivity index (χ2v) is 7.74. The first-order valence-electron chi connectivity index (χ1n) is 9.95. The summed E-state index contributed by atoms with van der Waals surface area (Å²) in [7, 11) is 0. The Bertz CT molecular complexity index is 1080. The number of hydrogen-bond donors (Lipinski definition) is 0. The lowest BCUT2D eigenvalue weighted by Gasteiger charge is -2.28. The molecule has 0 bridgehead atoms. The molecule has 5 rings (SSSR count). The first-order chi connectivity index (χ1) is 14.5. The summed E-state index contributed by atoms with van der Waals surface area (Å²) in [6.45, 7) is 3.19. The summed E-state index contributed by atoms with van der Waals surface area (Å²) in [6.07, 6.45) is -0.731. The summed E-state index contributed by atoms with van der Waals surface area (Å²) in [4.78, 5) is 11.4. The lowest BCUT2D eigenvalue weighted by atomic mass is 10.0. The van der Waals surface area contributed by atoms with Crippen molar-refractivity contribution in [1.29, 1.82) is 0 Å². The highest BCUT2D eigenvalue weighted by Crippen LogP contribution is 2.31. The van der Waals surface area contributed by atoms with E-state index in [9.17, 15) is 13.2 Å². The number of nitrogens with zero attached hydrogens (tertiary/aromatic N) is 3. The summed E-state index contributed by atoms with van der Waals surface area (Å²) >= 11 is 0. The average molecular weight is 411 g/mol. The number of ether oxygens (including phenoxy) is 1. The van der Waals surface area contributed by atoms with Gasteiger partial charge in [-0.15, -0.1) is 0 Å². The molecule has 0 fully saturated rings. The molecule has 7 heteroatoms. The predicted octanol–water partition coefficient (Wildman–Crippen LogP) is 4.66. The van der Waals surface area contributed by atoms with Gasteiger partial charge in [0.2, 0.25) is 0 Å². The van der Waals surface area contributed by atoms with Crippen molar-refractivity contribution in [2.75, 3.05) is 13.2 Å². The molecule has 0 radical (unpaired) electrons. The highest BCUT2D eigenvalue weighted by atomic mass is 19.4. The van der Waals surface area contributed by atoms with Crippen LogP contribution in [0.2, 0.25) is 0 Å². The molecule has 2 aliphatic rings. The maximum absolute atomic E-state index is 12.8. The van der Waals surface area contributed by atoms with E-state index in [1.807, 2.05) is 6.07 Å². The summed E-state index contributed by atoms with van der Waals surface area (Å²) in [5, 5.41) is 0. The zero-order valence-corrected chi connectivity index (χ0v) is 16.2. The van der Waals surface area contributed by atoms with Crippen LogP contribution in [0.3, 0.4) is 0 Å². The molecular weight excluding hydrogens is 391 g/mol. The molecule has 0 aliphatic carbocycles. The Kier molecular flexibility index (Phi) is 4.70. The molecule has 2 aliphatic heterocycles. The van der Waals surface area contributed by atoms with Crippen LogP contribution in [0.5, 0.6) is 5.75 Å². The minimum absolute atomic E-state index is 0.457. The highest BCUT2D eigenvalue weighted by molar-refractivity contribution is 5.56. The Morgan fingerprint density at radius 3 is 2.63 bits per heavy atom. The van der Waals surface area contributed by atoms with E-state index in [1.54, 1.807) is 6.20 Å². The fraction of sp³-hybridized carbons (Fsp3) is 0.304. The van der Waals surface area contributed by atoms with Gasteiger partial charge in [-0.05, 0) is 41.3 Å². The van der Waals surface area contributed by atoms with Crippen molar-refractivity contribution in [2.45, 2.75) is 32.1 Å². The van der Waals surface area contributed by atoms with E-state index < -0.39 is 11.7 Å². The highest BCUT2D eigenvalue weighted by Gasteiger charge is 2.30. The molecule has 0 atom stereocenters. The minimum atomic E-state index is -4.35. The molecule has 4 nitrogen and oxygen atoms in total. The van der Waals surface area contributed by atoms with E-state index in [1.165, 1.54) is 23.3 Å². The summed E-state index contributed by atoms with van der Waals surface area (Å²) in [5.41, 5.74) is 4.47. The fourth-order valence-corrected chi connectivity index (χ4v) is 4.04. The first-order valence-corrected chi connectivity index (χ1v) is 9.95. The Morgan fingerprint density at radius 1 is 1.00 bits per heavy atom. The van der Waals surface area contributed by atoms with E-state index in [4.69, 9.17) is 4.74 Å². The second kappa shape index (κ2) is 7.40. The van der Waals surface area contributed by atoms with Gasteiger partial charge in [-0.2, -0.15) is 13.2 Å². The molecule has 30 heavy (non-hydrogen) atoms. The van der Waals surface area contributed by atoms with E-state index in [0.717, 1.165) is 61.7 Å². The van der Waals surface area contributed by atoms with Crippen LogP contribution in [0.1, 0.15) is 27.9 Å². The fourth-order valence-electron chi connectivity index (χ4n) is 4.04. The zero-order chi connectivity index (χ0) is 20.7. The number of aromatic nitrogens is 2. The molecule has 1 aromatic heterocycles. The standard InChI is InChI=1S/C23H20F3N3O/c24-23(25,26)19-4-2-16(3-5-19)22-27-12-18-7-9-29(14-20(18)28-22)13-15-1-6-21-17(11-15)8-10-30-21/h1-6,11-12H,7-10,13-14H2. The topological polar surface area (TPSA) is 38.2 Å². The van der Waals surface area contributed by atoms with Gasteiger partial charge < -0.3 is 4.74 Å². The van der Waals surface area contributed by atoms with E-state index in [0.29, 0.717) is 17.9 Å². The summed E-state index contributed by atoms with van der Waals surface area (Å²) in [5.74, 6) is 1.44. The van der Waals surface area contributed by atoms with E-state index >= 15 is 0 Å². The van der Waals surface area contributed by atoms with E-state index in [-0.39, 0.29) is 0 Å². The van der Waals surface area contributed by atoms with Gasteiger partial charge in [-0.3, -0.25) is 4.90 Å². The van der Waals surface area contributed by atoms with Gasteiger partial charge in [0.05, 0.1) is 17.9 Å². The van der Waals surface area contributed by atoms with Gasteiger partial charge in [0.15, 0.2) is 5.82 Å². The lowest BCUT2D eigenvalue weighted by Crippen LogP contribution is -2.31. The Hall–Kier alpha value is -2.93. The third kappa shape index (κ3) is 3.77. The normalized spacial score (nSPS) is 16.1. The maximum Gasteiger partial charge on any atom is 0.416 e. The van der Waals surface area contributed by atoms with Gasteiger partial charge in [0.1, 0.15) is 5.75 Å². The number of fused-ring (bicyclic) bond motifs is 2. The number of alkyl halides is 3. The molecule has 0 saturated carbocycles. The third-order valence-corrected chi connectivity index (χ3v) is 5.66. The van der Waals surface area contributed by atoms with Crippen LogP contribution >= 0.6 is 0 Å². The monoisotopic (exact) mass is 411 g/mol. The molecule has 3 aromatic rings.